The molecule has 2 fully saturated rings. The molecule has 1 saturated carbocycles. The highest BCUT2D eigenvalue weighted by atomic mass is 16.5. The van der Waals surface area contributed by atoms with Gasteiger partial charge in [-0.15, -0.1) is 0 Å². The van der Waals surface area contributed by atoms with Crippen molar-refractivity contribution in [2.75, 3.05) is 32.8 Å². The van der Waals surface area contributed by atoms with Crippen LogP contribution in [0.4, 0.5) is 0 Å². The first kappa shape index (κ1) is 15.7. The highest BCUT2D eigenvalue weighted by molar-refractivity contribution is 5.80. The zero-order chi connectivity index (χ0) is 14.6. The predicted molar refractivity (Wildman–Crippen MR) is 79.4 cm³/mol. The van der Waals surface area contributed by atoms with Crippen molar-refractivity contribution < 1.29 is 9.53 Å². The van der Waals surface area contributed by atoms with E-state index in [0.29, 0.717) is 12.6 Å². The van der Waals surface area contributed by atoms with Crippen molar-refractivity contribution in [1.29, 1.82) is 0 Å². The molecule has 1 aliphatic heterocycles. The van der Waals surface area contributed by atoms with Crippen LogP contribution in [0.5, 0.6) is 0 Å². The summed E-state index contributed by atoms with van der Waals surface area (Å²) in [6.07, 6.45) is 4.12. The van der Waals surface area contributed by atoms with Crippen molar-refractivity contribution in [1.82, 2.24) is 10.2 Å². The van der Waals surface area contributed by atoms with E-state index in [9.17, 15) is 4.79 Å². The number of hydrogen-bond acceptors (Lipinski definition) is 4. The van der Waals surface area contributed by atoms with E-state index >= 15 is 0 Å². The summed E-state index contributed by atoms with van der Waals surface area (Å²) in [5.74, 6) is 0.1000. The van der Waals surface area contributed by atoms with Crippen LogP contribution in [0.2, 0.25) is 0 Å². The average Bonchev–Trinajstić information content (AvgIpc) is 2.45. The maximum Gasteiger partial charge on any atom is 0.225 e. The second kappa shape index (κ2) is 6.87. The number of nitrogens with zero attached hydrogens (tertiary/aromatic N) is 1. The molecule has 0 radical (unpaired) electrons. The Morgan fingerprint density at radius 3 is 2.80 bits per heavy atom. The van der Waals surface area contributed by atoms with Gasteiger partial charge < -0.3 is 15.8 Å². The molecule has 116 valence electrons. The van der Waals surface area contributed by atoms with Crippen LogP contribution in [-0.4, -0.2) is 55.2 Å². The van der Waals surface area contributed by atoms with Gasteiger partial charge in [0.05, 0.1) is 19.1 Å². The Balaban J connectivity index is 1.79. The summed E-state index contributed by atoms with van der Waals surface area (Å²) in [6, 6.07) is 0.357. The molecule has 5 nitrogen and oxygen atoms in total. The van der Waals surface area contributed by atoms with Gasteiger partial charge in [-0.3, -0.25) is 9.69 Å². The zero-order valence-electron chi connectivity index (χ0n) is 12.9. The topological polar surface area (TPSA) is 67.6 Å². The fourth-order valence-corrected chi connectivity index (χ4v) is 3.31. The van der Waals surface area contributed by atoms with Crippen molar-refractivity contribution in [3.8, 4) is 0 Å². The van der Waals surface area contributed by atoms with Gasteiger partial charge in [-0.05, 0) is 26.7 Å². The number of morpholine rings is 1. The van der Waals surface area contributed by atoms with Gasteiger partial charge in [-0.25, -0.2) is 0 Å². The maximum atomic E-state index is 12.4. The third kappa shape index (κ3) is 3.93. The maximum absolute atomic E-state index is 12.4. The minimum atomic E-state index is -0.343. The minimum absolute atomic E-state index is 0.0341. The zero-order valence-corrected chi connectivity index (χ0v) is 12.9. The van der Waals surface area contributed by atoms with Gasteiger partial charge >= 0.3 is 0 Å². The number of hydrogen-bond donors (Lipinski definition) is 2. The lowest BCUT2D eigenvalue weighted by Gasteiger charge is -2.38. The molecule has 20 heavy (non-hydrogen) atoms. The van der Waals surface area contributed by atoms with Crippen LogP contribution >= 0.6 is 0 Å². The molecule has 2 aliphatic rings. The molecule has 0 spiro atoms. The van der Waals surface area contributed by atoms with Crippen LogP contribution in [0.15, 0.2) is 0 Å². The van der Waals surface area contributed by atoms with Crippen LogP contribution in [0.3, 0.4) is 0 Å². The fraction of sp³-hybridized carbons (Fsp3) is 0.933. The van der Waals surface area contributed by atoms with Gasteiger partial charge in [0.1, 0.15) is 0 Å². The van der Waals surface area contributed by atoms with Gasteiger partial charge in [-0.1, -0.05) is 12.8 Å². The van der Waals surface area contributed by atoms with Crippen LogP contribution in [0.25, 0.3) is 0 Å². The molecule has 5 heteroatoms. The molecule has 3 unspecified atom stereocenters. The lowest BCUT2D eigenvalue weighted by Crippen LogP contribution is -2.54. The average molecular weight is 283 g/mol. The molecule has 0 bridgehead atoms. The lowest BCUT2D eigenvalue weighted by atomic mass is 9.74. The summed E-state index contributed by atoms with van der Waals surface area (Å²) in [6.45, 7) is 8.37. The number of nitrogens with one attached hydrogen (secondary N) is 1. The van der Waals surface area contributed by atoms with Crippen LogP contribution < -0.4 is 11.1 Å². The Labute approximate surface area is 122 Å². The van der Waals surface area contributed by atoms with Crippen molar-refractivity contribution in [3.05, 3.63) is 0 Å². The summed E-state index contributed by atoms with van der Waals surface area (Å²) < 4.78 is 5.35. The SMILES string of the molecule is CC(CNC(=O)C1CCCCC1(C)N)N1CCOCC1. The molecule has 1 aliphatic carbocycles. The standard InChI is InChI=1S/C15H29N3O2/c1-12(18-7-9-20-10-8-18)11-17-14(19)13-5-3-4-6-15(13,2)16/h12-13H,3-11,16H2,1-2H3,(H,17,19). The molecule has 1 saturated heterocycles. The summed E-state index contributed by atoms with van der Waals surface area (Å²) in [4.78, 5) is 14.7. The van der Waals surface area contributed by atoms with Crippen molar-refractivity contribution >= 4 is 5.91 Å². The smallest absolute Gasteiger partial charge is 0.225 e. The summed E-state index contributed by atoms with van der Waals surface area (Å²) in [7, 11) is 0. The van der Waals surface area contributed by atoms with Crippen molar-refractivity contribution in [3.63, 3.8) is 0 Å². The Morgan fingerprint density at radius 1 is 1.45 bits per heavy atom. The molecule has 3 N–H and O–H groups in total. The van der Waals surface area contributed by atoms with E-state index in [1.807, 2.05) is 6.92 Å². The minimum Gasteiger partial charge on any atom is -0.379 e. The van der Waals surface area contributed by atoms with Crippen LogP contribution in [-0.2, 0) is 9.53 Å². The second-order valence-electron chi connectivity index (χ2n) is 6.55. The summed E-state index contributed by atoms with van der Waals surface area (Å²) in [5, 5.41) is 3.10. The lowest BCUT2D eigenvalue weighted by molar-refractivity contribution is -0.128. The van der Waals surface area contributed by atoms with Gasteiger partial charge in [0.15, 0.2) is 0 Å². The number of amides is 1. The highest BCUT2D eigenvalue weighted by Crippen LogP contribution is 2.31. The Bertz CT molecular complexity index is 327. The van der Waals surface area contributed by atoms with Gasteiger partial charge in [0, 0.05) is 31.2 Å². The third-order valence-corrected chi connectivity index (χ3v) is 4.81. The molecule has 0 aromatic heterocycles. The number of ether oxygens (including phenoxy) is 1. The van der Waals surface area contributed by atoms with Gasteiger partial charge in [0.25, 0.3) is 0 Å². The monoisotopic (exact) mass is 283 g/mol. The van der Waals surface area contributed by atoms with Crippen LogP contribution in [0, 0.1) is 5.92 Å². The highest BCUT2D eigenvalue weighted by Gasteiger charge is 2.37. The quantitative estimate of drug-likeness (QED) is 0.798. The Morgan fingerprint density at radius 2 is 2.15 bits per heavy atom. The second-order valence-corrected chi connectivity index (χ2v) is 6.55. The molecule has 3 atom stereocenters. The van der Waals surface area contributed by atoms with E-state index < -0.39 is 0 Å². The van der Waals surface area contributed by atoms with Crippen molar-refractivity contribution in [2.45, 2.75) is 51.1 Å². The largest absolute Gasteiger partial charge is 0.379 e. The molecule has 2 rings (SSSR count). The number of nitrogens with two attached hydrogens (primary N) is 1. The molecular weight excluding hydrogens is 254 g/mol. The van der Waals surface area contributed by atoms with E-state index in [2.05, 4.69) is 17.1 Å². The van der Waals surface area contributed by atoms with Crippen molar-refractivity contribution in [2.24, 2.45) is 11.7 Å². The van der Waals surface area contributed by atoms with E-state index in [4.69, 9.17) is 10.5 Å². The number of carbonyl (C=O) groups excluding carboxylic acids is 1. The number of carbonyl (C=O) groups is 1. The first-order valence-electron chi connectivity index (χ1n) is 7.89. The normalized spacial score (nSPS) is 33.6. The first-order valence-corrected chi connectivity index (χ1v) is 7.89. The van der Waals surface area contributed by atoms with E-state index in [0.717, 1.165) is 52.0 Å². The Kier molecular flexibility index (Phi) is 5.41. The van der Waals surface area contributed by atoms with Crippen LogP contribution in [0.1, 0.15) is 39.5 Å². The molecule has 1 amide bonds. The summed E-state index contributed by atoms with van der Waals surface area (Å²) >= 11 is 0. The fourth-order valence-electron chi connectivity index (χ4n) is 3.31. The first-order chi connectivity index (χ1) is 9.50. The Hall–Kier alpha value is -0.650. The third-order valence-electron chi connectivity index (χ3n) is 4.81. The van der Waals surface area contributed by atoms with E-state index in [1.165, 1.54) is 0 Å². The van der Waals surface area contributed by atoms with E-state index in [-0.39, 0.29) is 17.4 Å². The molecule has 1 heterocycles. The predicted octanol–water partition coefficient (Wildman–Crippen LogP) is 0.731. The molecular formula is C15H29N3O2. The molecule has 0 aromatic rings. The van der Waals surface area contributed by atoms with E-state index in [1.54, 1.807) is 0 Å². The van der Waals surface area contributed by atoms with Gasteiger partial charge in [-0.2, -0.15) is 0 Å². The van der Waals surface area contributed by atoms with Gasteiger partial charge in [0.2, 0.25) is 5.91 Å². The number of rotatable bonds is 4. The molecule has 0 aromatic carbocycles. The summed E-state index contributed by atoms with van der Waals surface area (Å²) in [5.41, 5.74) is 5.94.